The number of thiophene rings is 1. The summed E-state index contributed by atoms with van der Waals surface area (Å²) in [4.78, 5) is 8.55. The van der Waals surface area contributed by atoms with E-state index < -0.39 is 0 Å². The van der Waals surface area contributed by atoms with Crippen LogP contribution in [-0.4, -0.2) is 9.97 Å². The SMILES string of the molecule is c1ccc(Nc2nccc3sccc23)nc1. The Hall–Kier alpha value is -1.94. The van der Waals surface area contributed by atoms with Crippen LogP contribution in [0.1, 0.15) is 0 Å². The predicted octanol–water partition coefficient (Wildman–Crippen LogP) is 3.43. The molecule has 0 aliphatic carbocycles. The Morgan fingerprint density at radius 2 is 2.00 bits per heavy atom. The lowest BCUT2D eigenvalue weighted by atomic mass is 10.3. The molecular weight excluding hydrogens is 218 g/mol. The monoisotopic (exact) mass is 227 g/mol. The van der Waals surface area contributed by atoms with Crippen LogP contribution in [-0.2, 0) is 0 Å². The van der Waals surface area contributed by atoms with E-state index in [4.69, 9.17) is 0 Å². The zero-order valence-corrected chi connectivity index (χ0v) is 9.24. The fourth-order valence-electron chi connectivity index (χ4n) is 1.55. The molecule has 0 aromatic carbocycles. The molecule has 0 saturated heterocycles. The molecule has 3 heterocycles. The summed E-state index contributed by atoms with van der Waals surface area (Å²) < 4.78 is 1.23. The molecule has 0 aliphatic heterocycles. The minimum absolute atomic E-state index is 0.814. The highest BCUT2D eigenvalue weighted by molar-refractivity contribution is 7.17. The van der Waals surface area contributed by atoms with Crippen LogP contribution in [0, 0.1) is 0 Å². The number of pyridine rings is 2. The van der Waals surface area contributed by atoms with E-state index in [9.17, 15) is 0 Å². The molecule has 1 N–H and O–H groups in total. The van der Waals surface area contributed by atoms with Gasteiger partial charge >= 0.3 is 0 Å². The van der Waals surface area contributed by atoms with Gasteiger partial charge in [-0.05, 0) is 29.6 Å². The Morgan fingerprint density at radius 1 is 1.00 bits per heavy atom. The fraction of sp³-hybridized carbons (Fsp3) is 0. The minimum Gasteiger partial charge on any atom is -0.324 e. The number of nitrogens with zero attached hydrogens (tertiary/aromatic N) is 2. The molecular formula is C12H9N3S. The average Bonchev–Trinajstić information content (AvgIpc) is 2.80. The molecule has 0 aliphatic rings. The quantitative estimate of drug-likeness (QED) is 0.728. The Morgan fingerprint density at radius 3 is 2.88 bits per heavy atom. The number of anilines is 2. The number of rotatable bonds is 2. The summed E-state index contributed by atoms with van der Waals surface area (Å²) >= 11 is 1.71. The summed E-state index contributed by atoms with van der Waals surface area (Å²) in [5.41, 5.74) is 0. The van der Waals surface area contributed by atoms with Crippen molar-refractivity contribution in [3.8, 4) is 0 Å². The second-order valence-electron chi connectivity index (χ2n) is 3.33. The number of fused-ring (bicyclic) bond motifs is 1. The molecule has 3 aromatic rings. The van der Waals surface area contributed by atoms with Gasteiger partial charge in [-0.15, -0.1) is 11.3 Å². The van der Waals surface area contributed by atoms with Gasteiger partial charge in [0.05, 0.1) is 0 Å². The van der Waals surface area contributed by atoms with Crippen LogP contribution in [0.25, 0.3) is 10.1 Å². The van der Waals surface area contributed by atoms with Crippen molar-refractivity contribution in [2.45, 2.75) is 0 Å². The van der Waals surface area contributed by atoms with Gasteiger partial charge < -0.3 is 5.32 Å². The van der Waals surface area contributed by atoms with Crippen molar-refractivity contribution < 1.29 is 0 Å². The van der Waals surface area contributed by atoms with E-state index in [1.54, 1.807) is 17.5 Å². The maximum atomic E-state index is 4.33. The fourth-order valence-corrected chi connectivity index (χ4v) is 2.33. The molecule has 3 rings (SSSR count). The zero-order valence-electron chi connectivity index (χ0n) is 8.42. The molecule has 3 nitrogen and oxygen atoms in total. The maximum Gasteiger partial charge on any atom is 0.140 e. The van der Waals surface area contributed by atoms with E-state index in [2.05, 4.69) is 26.7 Å². The molecule has 3 aromatic heterocycles. The summed E-state index contributed by atoms with van der Waals surface area (Å²) in [5, 5.41) is 6.42. The lowest BCUT2D eigenvalue weighted by Gasteiger charge is -2.04. The highest BCUT2D eigenvalue weighted by Gasteiger charge is 2.03. The van der Waals surface area contributed by atoms with E-state index >= 15 is 0 Å². The molecule has 0 amide bonds. The van der Waals surface area contributed by atoms with Crippen molar-refractivity contribution in [1.82, 2.24) is 9.97 Å². The molecule has 0 bridgehead atoms. The minimum atomic E-state index is 0.814. The molecule has 78 valence electrons. The second kappa shape index (κ2) is 3.90. The molecule has 4 heteroatoms. The Bertz CT molecular complexity index is 604. The van der Waals surface area contributed by atoms with Crippen LogP contribution in [0.5, 0.6) is 0 Å². The van der Waals surface area contributed by atoms with E-state index in [0.717, 1.165) is 17.0 Å². The molecule has 0 spiro atoms. The highest BCUT2D eigenvalue weighted by Crippen LogP contribution is 2.27. The van der Waals surface area contributed by atoms with Crippen molar-refractivity contribution >= 4 is 33.1 Å². The van der Waals surface area contributed by atoms with Crippen LogP contribution in [0.3, 0.4) is 0 Å². The Balaban J connectivity index is 2.04. The van der Waals surface area contributed by atoms with Gasteiger partial charge in [0.2, 0.25) is 0 Å². The van der Waals surface area contributed by atoms with Crippen molar-refractivity contribution in [2.75, 3.05) is 5.32 Å². The maximum absolute atomic E-state index is 4.33. The van der Waals surface area contributed by atoms with Gasteiger partial charge in [-0.2, -0.15) is 0 Å². The van der Waals surface area contributed by atoms with Gasteiger partial charge in [0.25, 0.3) is 0 Å². The standard InChI is InChI=1S/C12H9N3S/c1-2-6-13-11(3-1)15-12-9-5-8-16-10(9)4-7-14-12/h1-8H,(H,13,14,15). The van der Waals surface area contributed by atoms with Crippen LogP contribution in [0.4, 0.5) is 11.6 Å². The second-order valence-corrected chi connectivity index (χ2v) is 4.28. The predicted molar refractivity (Wildman–Crippen MR) is 67.1 cm³/mol. The van der Waals surface area contributed by atoms with Crippen molar-refractivity contribution in [3.05, 3.63) is 48.1 Å². The summed E-state index contributed by atoms with van der Waals surface area (Å²) in [6, 6.07) is 9.85. The number of aromatic nitrogens is 2. The van der Waals surface area contributed by atoms with Gasteiger partial charge in [-0.3, -0.25) is 0 Å². The van der Waals surface area contributed by atoms with Crippen LogP contribution in [0.2, 0.25) is 0 Å². The molecule has 16 heavy (non-hydrogen) atoms. The number of nitrogens with one attached hydrogen (secondary N) is 1. The lowest BCUT2D eigenvalue weighted by Crippen LogP contribution is -1.95. The first-order valence-corrected chi connectivity index (χ1v) is 5.82. The van der Waals surface area contributed by atoms with Gasteiger partial charge in [0, 0.05) is 22.5 Å². The van der Waals surface area contributed by atoms with Crippen LogP contribution >= 0.6 is 11.3 Å². The third-order valence-corrected chi connectivity index (χ3v) is 3.17. The molecule has 0 atom stereocenters. The highest BCUT2D eigenvalue weighted by atomic mass is 32.1. The first-order valence-electron chi connectivity index (χ1n) is 4.94. The van der Waals surface area contributed by atoms with E-state index in [1.807, 2.05) is 30.5 Å². The average molecular weight is 227 g/mol. The first-order chi connectivity index (χ1) is 7.93. The number of hydrogen-bond acceptors (Lipinski definition) is 4. The van der Waals surface area contributed by atoms with Crippen LogP contribution in [0.15, 0.2) is 48.1 Å². The third kappa shape index (κ3) is 1.63. The van der Waals surface area contributed by atoms with Gasteiger partial charge in [-0.25, -0.2) is 9.97 Å². The Kier molecular flexibility index (Phi) is 2.27. The zero-order chi connectivity index (χ0) is 10.8. The van der Waals surface area contributed by atoms with E-state index in [-0.39, 0.29) is 0 Å². The summed E-state index contributed by atoms with van der Waals surface area (Å²) in [7, 11) is 0. The topological polar surface area (TPSA) is 37.8 Å². The van der Waals surface area contributed by atoms with Crippen molar-refractivity contribution in [2.24, 2.45) is 0 Å². The summed E-state index contributed by atoms with van der Waals surface area (Å²) in [5.74, 6) is 1.67. The lowest BCUT2D eigenvalue weighted by molar-refractivity contribution is 1.27. The normalized spacial score (nSPS) is 10.5. The largest absolute Gasteiger partial charge is 0.324 e. The molecule has 0 saturated carbocycles. The van der Waals surface area contributed by atoms with Crippen LogP contribution < -0.4 is 5.32 Å². The summed E-state index contributed by atoms with van der Waals surface area (Å²) in [6.07, 6.45) is 3.57. The molecule has 0 unspecified atom stereocenters. The number of hydrogen-bond donors (Lipinski definition) is 1. The van der Waals surface area contributed by atoms with E-state index in [0.29, 0.717) is 0 Å². The van der Waals surface area contributed by atoms with Crippen molar-refractivity contribution in [1.29, 1.82) is 0 Å². The van der Waals surface area contributed by atoms with Crippen molar-refractivity contribution in [3.63, 3.8) is 0 Å². The van der Waals surface area contributed by atoms with Gasteiger partial charge in [0.15, 0.2) is 0 Å². The van der Waals surface area contributed by atoms with Gasteiger partial charge in [0.1, 0.15) is 11.6 Å². The first kappa shape index (κ1) is 9.30. The third-order valence-electron chi connectivity index (χ3n) is 2.29. The summed E-state index contributed by atoms with van der Waals surface area (Å²) in [6.45, 7) is 0. The Labute approximate surface area is 96.8 Å². The smallest absolute Gasteiger partial charge is 0.140 e. The molecule has 0 fully saturated rings. The molecule has 0 radical (unpaired) electrons. The van der Waals surface area contributed by atoms with Gasteiger partial charge in [-0.1, -0.05) is 6.07 Å². The van der Waals surface area contributed by atoms with E-state index in [1.165, 1.54) is 4.70 Å².